The largest absolute Gasteiger partial charge is 0.316 e. The molecule has 4 aromatic rings. The minimum Gasteiger partial charge on any atom is -0.316 e. The second-order valence-corrected chi connectivity index (χ2v) is 10.7. The molecule has 0 bridgehead atoms. The summed E-state index contributed by atoms with van der Waals surface area (Å²) < 4.78 is 26.2. The second-order valence-electron chi connectivity index (χ2n) is 8.01. The van der Waals surface area contributed by atoms with Gasteiger partial charge in [-0.1, -0.05) is 56.4 Å². The molecule has 8 nitrogen and oxygen atoms in total. The summed E-state index contributed by atoms with van der Waals surface area (Å²) in [5.74, 6) is 1.07. The Kier molecular flexibility index (Phi) is 6.87. The van der Waals surface area contributed by atoms with Crippen molar-refractivity contribution in [2.75, 3.05) is 10.7 Å². The van der Waals surface area contributed by atoms with Gasteiger partial charge < -0.3 is 5.32 Å². The van der Waals surface area contributed by atoms with Gasteiger partial charge in [0, 0.05) is 11.8 Å². The van der Waals surface area contributed by atoms with Crippen LogP contribution in [-0.4, -0.2) is 23.4 Å². The molecule has 2 heterocycles. The summed E-state index contributed by atoms with van der Waals surface area (Å²) in [6.45, 7) is 6.32. The average molecular weight is 483 g/mol. The molecule has 4 rings (SSSR count). The molecule has 0 fully saturated rings. The smallest absolute Gasteiger partial charge is 0.257 e. The zero-order chi connectivity index (χ0) is 23.4. The summed E-state index contributed by atoms with van der Waals surface area (Å²) in [5, 5.41) is 3.96. The number of nitrogens with zero attached hydrogens (tertiary/aromatic N) is 3. The van der Waals surface area contributed by atoms with Crippen molar-refractivity contribution < 1.29 is 8.42 Å². The number of aryl methyl sites for hydroxylation is 1. The van der Waals surface area contributed by atoms with Gasteiger partial charge in [0.1, 0.15) is 5.82 Å². The molecule has 172 valence electrons. The summed E-state index contributed by atoms with van der Waals surface area (Å²) in [5.41, 5.74) is 5.62. The van der Waals surface area contributed by atoms with Crippen LogP contribution in [0.2, 0.25) is 0 Å². The van der Waals surface area contributed by atoms with E-state index in [9.17, 15) is 8.42 Å². The fraction of sp³-hybridized carbons (Fsp3) is 0.261. The van der Waals surface area contributed by atoms with Crippen LogP contribution in [0.1, 0.15) is 32.0 Å². The minimum atomic E-state index is -3.76. The molecular weight excluding hydrogens is 456 g/mol. The van der Waals surface area contributed by atoms with Crippen molar-refractivity contribution in [1.82, 2.24) is 19.8 Å². The predicted octanol–water partition coefficient (Wildman–Crippen LogP) is 4.90. The van der Waals surface area contributed by atoms with Gasteiger partial charge in [-0.3, -0.25) is 5.43 Å². The van der Waals surface area contributed by atoms with E-state index in [1.54, 1.807) is 29.5 Å². The van der Waals surface area contributed by atoms with Gasteiger partial charge in [0.2, 0.25) is 5.95 Å². The summed E-state index contributed by atoms with van der Waals surface area (Å²) in [6, 6.07) is 16.2. The van der Waals surface area contributed by atoms with Gasteiger partial charge in [-0.25, -0.2) is 18.4 Å². The molecule has 33 heavy (non-hydrogen) atoms. The van der Waals surface area contributed by atoms with Gasteiger partial charge in [0.15, 0.2) is 5.13 Å². The highest BCUT2D eigenvalue weighted by Crippen LogP contribution is 2.29. The van der Waals surface area contributed by atoms with Gasteiger partial charge in [0.25, 0.3) is 10.0 Å². The normalized spacial score (nSPS) is 11.8. The van der Waals surface area contributed by atoms with Crippen molar-refractivity contribution >= 4 is 48.5 Å². The molecule has 0 aliphatic rings. The van der Waals surface area contributed by atoms with Crippen LogP contribution in [-0.2, 0) is 22.9 Å². The summed E-state index contributed by atoms with van der Waals surface area (Å²) in [4.78, 5) is 16.1. The first-order valence-electron chi connectivity index (χ1n) is 10.7. The maximum absolute atomic E-state index is 12.5. The van der Waals surface area contributed by atoms with E-state index in [1.165, 1.54) is 17.7 Å². The van der Waals surface area contributed by atoms with E-state index >= 15 is 0 Å². The maximum Gasteiger partial charge on any atom is 0.257 e. The number of hydrogen-bond donors (Lipinski definition) is 3. The quantitative estimate of drug-likeness (QED) is 0.291. The second kappa shape index (κ2) is 9.82. The minimum absolute atomic E-state index is 0.148. The molecule has 10 heteroatoms. The number of benzene rings is 2. The monoisotopic (exact) mass is 482 g/mol. The highest BCUT2D eigenvalue weighted by Gasteiger charge is 2.15. The van der Waals surface area contributed by atoms with E-state index in [0.717, 1.165) is 28.8 Å². The Hall–Kier alpha value is -3.08. The molecule has 2 aromatic carbocycles. The topological polar surface area (TPSA) is 109 Å². The van der Waals surface area contributed by atoms with Crippen LogP contribution in [0.25, 0.3) is 10.2 Å². The van der Waals surface area contributed by atoms with Gasteiger partial charge in [-0.05, 0) is 48.6 Å². The SMILES string of the molecule is CCc1ccc2nc(Nc3cc(CC(C)C)nc(NNS(=O)(=O)c4ccccc4)n3)sc2c1. The summed E-state index contributed by atoms with van der Waals surface area (Å²) >= 11 is 1.55. The molecule has 0 saturated carbocycles. The molecule has 2 aromatic heterocycles. The van der Waals surface area contributed by atoms with Crippen LogP contribution >= 0.6 is 11.3 Å². The Morgan fingerprint density at radius 2 is 1.79 bits per heavy atom. The van der Waals surface area contributed by atoms with Crippen LogP contribution in [0.4, 0.5) is 16.9 Å². The van der Waals surface area contributed by atoms with Crippen molar-refractivity contribution in [3.8, 4) is 0 Å². The third-order valence-electron chi connectivity index (χ3n) is 4.84. The molecule has 0 spiro atoms. The van der Waals surface area contributed by atoms with Crippen molar-refractivity contribution in [2.24, 2.45) is 5.92 Å². The van der Waals surface area contributed by atoms with E-state index in [0.29, 0.717) is 16.9 Å². The lowest BCUT2D eigenvalue weighted by molar-refractivity contribution is 0.587. The van der Waals surface area contributed by atoms with E-state index < -0.39 is 10.0 Å². The molecular formula is C23H26N6O2S2. The van der Waals surface area contributed by atoms with Crippen LogP contribution in [0, 0.1) is 5.92 Å². The Morgan fingerprint density at radius 3 is 2.52 bits per heavy atom. The molecule has 0 unspecified atom stereocenters. The highest BCUT2D eigenvalue weighted by atomic mass is 32.2. The van der Waals surface area contributed by atoms with Crippen molar-refractivity contribution in [1.29, 1.82) is 0 Å². The Balaban J connectivity index is 1.58. The number of anilines is 3. The Bertz CT molecular complexity index is 1350. The number of sulfonamides is 1. The van der Waals surface area contributed by atoms with Crippen LogP contribution < -0.4 is 15.6 Å². The van der Waals surface area contributed by atoms with E-state index in [1.807, 2.05) is 12.1 Å². The first-order valence-corrected chi connectivity index (χ1v) is 13.0. The number of hydrogen-bond acceptors (Lipinski definition) is 8. The molecule has 0 aliphatic heterocycles. The van der Waals surface area contributed by atoms with E-state index in [-0.39, 0.29) is 10.8 Å². The molecule has 0 amide bonds. The van der Waals surface area contributed by atoms with E-state index in [2.05, 4.69) is 63.4 Å². The number of rotatable bonds is 9. The number of fused-ring (bicyclic) bond motifs is 1. The maximum atomic E-state index is 12.5. The van der Waals surface area contributed by atoms with Gasteiger partial charge in [-0.15, -0.1) is 4.83 Å². The highest BCUT2D eigenvalue weighted by molar-refractivity contribution is 7.89. The average Bonchev–Trinajstić information content (AvgIpc) is 3.19. The van der Waals surface area contributed by atoms with Gasteiger partial charge in [-0.2, -0.15) is 4.98 Å². The van der Waals surface area contributed by atoms with Crippen LogP contribution in [0.3, 0.4) is 0 Å². The molecule has 0 saturated heterocycles. The van der Waals surface area contributed by atoms with Crippen LogP contribution in [0.15, 0.2) is 59.5 Å². The molecule has 3 N–H and O–H groups in total. The standard InChI is InChI=1S/C23H26N6O2S2/c1-4-16-10-11-19-20(13-16)32-23(25-19)27-21-14-17(12-15(2)3)24-22(26-21)28-29-33(30,31)18-8-6-5-7-9-18/h5-11,13-15,29H,4,12H2,1-3H3,(H2,24,25,26,27,28). The summed E-state index contributed by atoms with van der Waals surface area (Å²) in [7, 11) is -3.76. The fourth-order valence-electron chi connectivity index (χ4n) is 3.26. The summed E-state index contributed by atoms with van der Waals surface area (Å²) in [6.07, 6.45) is 1.69. The first-order chi connectivity index (χ1) is 15.8. The van der Waals surface area contributed by atoms with E-state index in [4.69, 9.17) is 0 Å². The van der Waals surface area contributed by atoms with Crippen LogP contribution in [0.5, 0.6) is 0 Å². The first kappa shape index (κ1) is 23.1. The lowest BCUT2D eigenvalue weighted by atomic mass is 10.1. The number of aromatic nitrogens is 3. The van der Waals surface area contributed by atoms with Gasteiger partial charge >= 0.3 is 0 Å². The Labute approximate surface area is 197 Å². The third-order valence-corrected chi connectivity index (χ3v) is 7.04. The zero-order valence-electron chi connectivity index (χ0n) is 18.7. The fourth-order valence-corrected chi connectivity index (χ4v) is 5.06. The predicted molar refractivity (Wildman–Crippen MR) is 133 cm³/mol. The van der Waals surface area contributed by atoms with Crippen molar-refractivity contribution in [3.63, 3.8) is 0 Å². The molecule has 0 aliphatic carbocycles. The lowest BCUT2D eigenvalue weighted by Gasteiger charge is -2.12. The zero-order valence-corrected chi connectivity index (χ0v) is 20.3. The molecule has 0 atom stereocenters. The van der Waals surface area contributed by atoms with Crippen molar-refractivity contribution in [2.45, 2.75) is 38.5 Å². The lowest BCUT2D eigenvalue weighted by Crippen LogP contribution is -2.30. The van der Waals surface area contributed by atoms with Crippen molar-refractivity contribution in [3.05, 3.63) is 65.9 Å². The number of hydrazine groups is 1. The number of nitrogens with one attached hydrogen (secondary N) is 3. The number of thiazole rings is 1. The third kappa shape index (κ3) is 5.84. The molecule has 0 radical (unpaired) electrons. The van der Waals surface area contributed by atoms with Gasteiger partial charge in [0.05, 0.1) is 15.1 Å². The Morgan fingerprint density at radius 1 is 1.00 bits per heavy atom.